The van der Waals surface area contributed by atoms with Crippen molar-refractivity contribution >= 4 is 44.8 Å². The Morgan fingerprint density at radius 3 is 3.00 bits per heavy atom. The zero-order chi connectivity index (χ0) is 14.7. The molecule has 104 valence electrons. The number of hydrogen-bond acceptors (Lipinski definition) is 4. The molecule has 0 aliphatic rings. The Balaban J connectivity index is 2.15. The summed E-state index contributed by atoms with van der Waals surface area (Å²) in [6.07, 6.45) is 2.65. The van der Waals surface area contributed by atoms with E-state index in [9.17, 15) is 9.59 Å². The fourth-order valence-corrected chi connectivity index (χ4v) is 2.03. The van der Waals surface area contributed by atoms with Gasteiger partial charge >= 0.3 is 0 Å². The first-order chi connectivity index (χ1) is 9.47. The number of rotatable bonds is 3. The van der Waals surface area contributed by atoms with Crippen LogP contribution in [0.5, 0.6) is 0 Å². The van der Waals surface area contributed by atoms with Gasteiger partial charge in [0.25, 0.3) is 5.56 Å². The number of halogens is 2. The lowest BCUT2D eigenvalue weighted by atomic mass is 10.3. The highest BCUT2D eigenvalue weighted by atomic mass is 79.9. The van der Waals surface area contributed by atoms with Crippen LogP contribution in [0.2, 0.25) is 5.02 Å². The first-order valence-corrected chi connectivity index (χ1v) is 6.69. The van der Waals surface area contributed by atoms with E-state index in [2.05, 4.69) is 26.2 Å². The molecule has 0 aliphatic carbocycles. The van der Waals surface area contributed by atoms with Gasteiger partial charge in [-0.3, -0.25) is 14.2 Å². The second-order valence-corrected chi connectivity index (χ2v) is 5.22. The Kier molecular flexibility index (Phi) is 4.41. The van der Waals surface area contributed by atoms with Gasteiger partial charge in [0.1, 0.15) is 11.0 Å². The lowest BCUT2D eigenvalue weighted by molar-refractivity contribution is -0.116. The molecule has 0 aliphatic heterocycles. The number of carbonyl (C=O) groups is 1. The van der Waals surface area contributed by atoms with Crippen molar-refractivity contribution in [1.82, 2.24) is 9.55 Å². The van der Waals surface area contributed by atoms with Crippen molar-refractivity contribution in [2.75, 3.05) is 11.1 Å². The van der Waals surface area contributed by atoms with Gasteiger partial charge in [0.2, 0.25) is 5.91 Å². The molecule has 0 fully saturated rings. The molecule has 1 aromatic carbocycles. The zero-order valence-electron chi connectivity index (χ0n) is 10.1. The van der Waals surface area contributed by atoms with Crippen molar-refractivity contribution in [3.63, 3.8) is 0 Å². The summed E-state index contributed by atoms with van der Waals surface area (Å²) >= 11 is 9.00. The third-order valence-electron chi connectivity index (χ3n) is 2.44. The van der Waals surface area contributed by atoms with Crippen LogP contribution in [0.1, 0.15) is 0 Å². The highest BCUT2D eigenvalue weighted by molar-refractivity contribution is 9.10. The van der Waals surface area contributed by atoms with Crippen LogP contribution in [0.15, 0.2) is 40.0 Å². The maximum absolute atomic E-state index is 11.9. The fourth-order valence-electron chi connectivity index (χ4n) is 1.52. The standard InChI is InChI=1S/C12H10BrClN4O2/c13-8-4-16-6-18(12(8)20)5-11(19)17-10-3-7(15)1-2-9(10)14/h1-4,6H,5,15H2,(H,17,19). The van der Waals surface area contributed by atoms with Crippen LogP contribution < -0.4 is 16.6 Å². The molecule has 0 radical (unpaired) electrons. The Labute approximate surface area is 127 Å². The number of carbonyl (C=O) groups excluding carboxylic acids is 1. The summed E-state index contributed by atoms with van der Waals surface area (Å²) in [5.41, 5.74) is 6.15. The van der Waals surface area contributed by atoms with E-state index in [4.69, 9.17) is 17.3 Å². The predicted octanol–water partition coefficient (Wildman–Crippen LogP) is 1.88. The molecular formula is C12H10BrClN4O2. The van der Waals surface area contributed by atoms with Crippen molar-refractivity contribution in [2.45, 2.75) is 6.54 Å². The number of nitrogens with zero attached hydrogens (tertiary/aromatic N) is 2. The average Bonchev–Trinajstić information content (AvgIpc) is 2.39. The first-order valence-electron chi connectivity index (χ1n) is 5.52. The van der Waals surface area contributed by atoms with Crippen LogP contribution >= 0.6 is 27.5 Å². The van der Waals surface area contributed by atoms with E-state index < -0.39 is 5.91 Å². The smallest absolute Gasteiger partial charge is 0.268 e. The molecule has 1 amide bonds. The molecule has 3 N–H and O–H groups in total. The van der Waals surface area contributed by atoms with Gasteiger partial charge in [0, 0.05) is 11.9 Å². The summed E-state index contributed by atoms with van der Waals surface area (Å²) in [5, 5.41) is 2.96. The van der Waals surface area contributed by atoms with Crippen LogP contribution in [0, 0.1) is 0 Å². The van der Waals surface area contributed by atoms with Crippen LogP contribution in [0.4, 0.5) is 11.4 Å². The molecule has 0 unspecified atom stereocenters. The van der Waals surface area contributed by atoms with Crippen molar-refractivity contribution in [3.8, 4) is 0 Å². The van der Waals surface area contributed by atoms with Gasteiger partial charge in [-0.15, -0.1) is 0 Å². The molecule has 6 nitrogen and oxygen atoms in total. The van der Waals surface area contributed by atoms with Crippen LogP contribution in [-0.2, 0) is 11.3 Å². The number of nitrogens with two attached hydrogens (primary N) is 1. The lowest BCUT2D eigenvalue weighted by Crippen LogP contribution is -2.28. The molecule has 1 aromatic heterocycles. The van der Waals surface area contributed by atoms with E-state index in [0.717, 1.165) is 0 Å². The predicted molar refractivity (Wildman–Crippen MR) is 80.7 cm³/mol. The number of aromatic nitrogens is 2. The van der Waals surface area contributed by atoms with Gasteiger partial charge in [0.05, 0.1) is 17.0 Å². The molecule has 2 rings (SSSR count). The summed E-state index contributed by atoms with van der Waals surface area (Å²) in [4.78, 5) is 27.5. The lowest BCUT2D eigenvalue weighted by Gasteiger charge is -2.09. The third kappa shape index (κ3) is 3.37. The number of benzene rings is 1. The minimum Gasteiger partial charge on any atom is -0.399 e. The largest absolute Gasteiger partial charge is 0.399 e. The number of amides is 1. The molecule has 1 heterocycles. The third-order valence-corrected chi connectivity index (χ3v) is 3.31. The SMILES string of the molecule is Nc1ccc(Cl)c(NC(=O)Cn2cncc(Br)c2=O)c1. The van der Waals surface area contributed by atoms with Crippen molar-refractivity contribution < 1.29 is 4.79 Å². The Hall–Kier alpha value is -1.86. The van der Waals surface area contributed by atoms with Gasteiger partial charge in [-0.2, -0.15) is 0 Å². The van der Waals surface area contributed by atoms with E-state index in [1.54, 1.807) is 18.2 Å². The molecule has 0 bridgehead atoms. The quantitative estimate of drug-likeness (QED) is 0.821. The van der Waals surface area contributed by atoms with Gasteiger partial charge in [-0.1, -0.05) is 11.6 Å². The second kappa shape index (κ2) is 6.06. The first kappa shape index (κ1) is 14.5. The Morgan fingerprint density at radius 2 is 2.25 bits per heavy atom. The Morgan fingerprint density at radius 1 is 1.50 bits per heavy atom. The molecule has 0 saturated heterocycles. The van der Waals surface area contributed by atoms with E-state index in [0.29, 0.717) is 16.4 Å². The van der Waals surface area contributed by atoms with E-state index >= 15 is 0 Å². The van der Waals surface area contributed by atoms with E-state index in [1.165, 1.54) is 17.1 Å². The summed E-state index contributed by atoms with van der Waals surface area (Å²) in [5.74, 6) is -0.403. The molecule has 0 atom stereocenters. The minimum absolute atomic E-state index is 0.170. The van der Waals surface area contributed by atoms with Crippen molar-refractivity contribution in [3.05, 3.63) is 50.6 Å². The number of anilines is 2. The maximum Gasteiger partial charge on any atom is 0.268 e. The topological polar surface area (TPSA) is 90.0 Å². The van der Waals surface area contributed by atoms with Gasteiger partial charge < -0.3 is 11.1 Å². The normalized spacial score (nSPS) is 10.3. The number of nitrogens with one attached hydrogen (secondary N) is 1. The molecular weight excluding hydrogens is 348 g/mol. The van der Waals surface area contributed by atoms with E-state index in [1.807, 2.05) is 0 Å². The van der Waals surface area contributed by atoms with Crippen LogP contribution in [0.25, 0.3) is 0 Å². The van der Waals surface area contributed by atoms with Crippen molar-refractivity contribution in [2.24, 2.45) is 0 Å². The molecule has 2 aromatic rings. The minimum atomic E-state index is -0.403. The molecule has 8 heteroatoms. The molecule has 20 heavy (non-hydrogen) atoms. The monoisotopic (exact) mass is 356 g/mol. The maximum atomic E-state index is 11.9. The highest BCUT2D eigenvalue weighted by Crippen LogP contribution is 2.23. The second-order valence-electron chi connectivity index (χ2n) is 3.96. The van der Waals surface area contributed by atoms with Crippen LogP contribution in [0.3, 0.4) is 0 Å². The summed E-state index contributed by atoms with van der Waals surface area (Å²) in [6.45, 7) is -0.170. The average molecular weight is 358 g/mol. The van der Waals surface area contributed by atoms with Gasteiger partial charge in [-0.25, -0.2) is 4.98 Å². The summed E-state index contributed by atoms with van der Waals surface area (Å²) in [6, 6.07) is 4.75. The van der Waals surface area contributed by atoms with Gasteiger partial charge in [-0.05, 0) is 34.1 Å². The number of hydrogen-bond donors (Lipinski definition) is 2. The Bertz CT molecular complexity index is 717. The summed E-state index contributed by atoms with van der Waals surface area (Å²) in [7, 11) is 0. The van der Waals surface area contributed by atoms with Gasteiger partial charge in [0.15, 0.2) is 0 Å². The zero-order valence-corrected chi connectivity index (χ0v) is 12.5. The van der Waals surface area contributed by atoms with E-state index in [-0.39, 0.29) is 16.6 Å². The van der Waals surface area contributed by atoms with Crippen molar-refractivity contribution in [1.29, 1.82) is 0 Å². The highest BCUT2D eigenvalue weighted by Gasteiger charge is 2.09. The fraction of sp³-hybridized carbons (Fsp3) is 0.0833. The van der Waals surface area contributed by atoms with Crippen LogP contribution in [-0.4, -0.2) is 15.5 Å². The number of nitrogen functional groups attached to an aromatic ring is 1. The molecule has 0 saturated carbocycles. The molecule has 0 spiro atoms. The summed E-state index contributed by atoms with van der Waals surface area (Å²) < 4.78 is 1.47.